The third-order valence-electron chi connectivity index (χ3n) is 5.09. The minimum Gasteiger partial charge on any atom is -0.353 e. The van der Waals surface area contributed by atoms with Crippen LogP contribution in [0.2, 0.25) is 0 Å². The third kappa shape index (κ3) is 4.34. The zero-order chi connectivity index (χ0) is 20.2. The molecule has 1 fully saturated rings. The number of hydrogen-bond acceptors (Lipinski definition) is 6. The molecule has 1 aliphatic heterocycles. The highest BCUT2D eigenvalue weighted by Gasteiger charge is 2.24. The molecule has 1 saturated heterocycles. The van der Waals surface area contributed by atoms with E-state index in [1.54, 1.807) is 12.5 Å². The van der Waals surface area contributed by atoms with Crippen LogP contribution in [0.3, 0.4) is 0 Å². The van der Waals surface area contributed by atoms with Crippen LogP contribution in [0, 0.1) is 13.8 Å². The number of anilines is 3. The second-order valence-electron chi connectivity index (χ2n) is 7.20. The molecule has 2 aromatic heterocycles. The minimum atomic E-state index is 0.103. The van der Waals surface area contributed by atoms with Gasteiger partial charge < -0.3 is 15.1 Å². The van der Waals surface area contributed by atoms with Gasteiger partial charge in [0.1, 0.15) is 23.8 Å². The molecule has 1 aliphatic rings. The van der Waals surface area contributed by atoms with Gasteiger partial charge in [-0.1, -0.05) is 23.8 Å². The lowest BCUT2D eigenvalue weighted by Crippen LogP contribution is -2.49. The number of carbonyl (C=O) groups is 1. The van der Waals surface area contributed by atoms with Crippen LogP contribution in [0.15, 0.2) is 55.0 Å². The van der Waals surface area contributed by atoms with E-state index < -0.39 is 0 Å². The predicted molar refractivity (Wildman–Crippen MR) is 114 cm³/mol. The number of piperazine rings is 1. The van der Waals surface area contributed by atoms with Gasteiger partial charge in [-0.3, -0.25) is 4.79 Å². The second kappa shape index (κ2) is 8.26. The topological polar surface area (TPSA) is 74.2 Å². The summed E-state index contributed by atoms with van der Waals surface area (Å²) in [6, 6.07) is 13.6. The maximum absolute atomic E-state index is 12.9. The smallest absolute Gasteiger partial charge is 0.254 e. The van der Waals surface area contributed by atoms with Crippen molar-refractivity contribution in [3.63, 3.8) is 0 Å². The molecule has 3 aromatic rings. The van der Waals surface area contributed by atoms with Crippen molar-refractivity contribution < 1.29 is 4.79 Å². The van der Waals surface area contributed by atoms with E-state index in [4.69, 9.17) is 0 Å². The van der Waals surface area contributed by atoms with Gasteiger partial charge in [-0.2, -0.15) is 0 Å². The van der Waals surface area contributed by atoms with E-state index in [-0.39, 0.29) is 5.91 Å². The van der Waals surface area contributed by atoms with Crippen molar-refractivity contribution >= 4 is 23.4 Å². The van der Waals surface area contributed by atoms with Crippen molar-refractivity contribution in [2.24, 2.45) is 0 Å². The lowest BCUT2D eigenvalue weighted by Gasteiger charge is -2.35. The molecule has 0 unspecified atom stereocenters. The minimum absolute atomic E-state index is 0.103. The van der Waals surface area contributed by atoms with E-state index in [0.717, 1.165) is 41.4 Å². The van der Waals surface area contributed by atoms with Crippen LogP contribution in [0.4, 0.5) is 17.5 Å². The number of hydrogen-bond donors (Lipinski definition) is 1. The van der Waals surface area contributed by atoms with Gasteiger partial charge in [0, 0.05) is 44.0 Å². The fourth-order valence-electron chi connectivity index (χ4n) is 3.43. The summed E-state index contributed by atoms with van der Waals surface area (Å²) in [5, 5.41) is 3.19. The summed E-state index contributed by atoms with van der Waals surface area (Å²) in [5.74, 6) is 2.38. The molecule has 1 N–H and O–H groups in total. The molecule has 0 atom stereocenters. The first kappa shape index (κ1) is 18.9. The molecule has 4 rings (SSSR count). The van der Waals surface area contributed by atoms with Gasteiger partial charge in [0.05, 0.1) is 0 Å². The molecule has 0 bridgehead atoms. The number of aromatic nitrogens is 3. The first-order valence-electron chi connectivity index (χ1n) is 9.72. The number of carbonyl (C=O) groups excluding carboxylic acids is 1. The molecular weight excluding hydrogens is 364 g/mol. The highest BCUT2D eigenvalue weighted by atomic mass is 16.2. The number of benzene rings is 1. The molecule has 148 valence electrons. The molecule has 0 aliphatic carbocycles. The predicted octanol–water partition coefficient (Wildman–Crippen LogP) is 3.19. The van der Waals surface area contributed by atoms with Crippen molar-refractivity contribution in [2.75, 3.05) is 36.4 Å². The molecule has 7 nitrogen and oxygen atoms in total. The van der Waals surface area contributed by atoms with Crippen LogP contribution in [-0.2, 0) is 0 Å². The number of nitrogens with one attached hydrogen (secondary N) is 1. The average Bonchev–Trinajstić information content (AvgIpc) is 2.76. The van der Waals surface area contributed by atoms with Crippen molar-refractivity contribution in [3.8, 4) is 0 Å². The Morgan fingerprint density at radius 2 is 1.76 bits per heavy atom. The Labute approximate surface area is 170 Å². The first-order valence-corrected chi connectivity index (χ1v) is 9.72. The normalized spacial score (nSPS) is 14.0. The van der Waals surface area contributed by atoms with Crippen LogP contribution in [0.5, 0.6) is 0 Å². The Hall–Kier alpha value is -3.48. The van der Waals surface area contributed by atoms with Crippen LogP contribution in [-0.4, -0.2) is 51.9 Å². The molecule has 7 heteroatoms. The van der Waals surface area contributed by atoms with E-state index in [2.05, 4.69) is 25.2 Å². The highest BCUT2D eigenvalue weighted by Crippen LogP contribution is 2.20. The lowest BCUT2D eigenvalue weighted by atomic mass is 10.0. The summed E-state index contributed by atoms with van der Waals surface area (Å²) < 4.78 is 0. The van der Waals surface area contributed by atoms with E-state index in [1.807, 2.05) is 61.2 Å². The number of pyridine rings is 1. The summed E-state index contributed by atoms with van der Waals surface area (Å²) in [7, 11) is 0. The number of rotatable bonds is 4. The van der Waals surface area contributed by atoms with Gasteiger partial charge in [0.15, 0.2) is 0 Å². The maximum atomic E-state index is 12.9. The first-order chi connectivity index (χ1) is 14.1. The number of aryl methyl sites for hydroxylation is 2. The largest absolute Gasteiger partial charge is 0.353 e. The van der Waals surface area contributed by atoms with Crippen molar-refractivity contribution in [2.45, 2.75) is 13.8 Å². The van der Waals surface area contributed by atoms with E-state index in [9.17, 15) is 4.79 Å². The third-order valence-corrected chi connectivity index (χ3v) is 5.09. The summed E-state index contributed by atoms with van der Waals surface area (Å²) in [4.78, 5) is 30.0. The van der Waals surface area contributed by atoms with E-state index in [1.165, 1.54) is 0 Å². The molecular formula is C22H24N6O. The van der Waals surface area contributed by atoms with Crippen LogP contribution >= 0.6 is 0 Å². The second-order valence-corrected chi connectivity index (χ2v) is 7.20. The van der Waals surface area contributed by atoms with Gasteiger partial charge in [0.2, 0.25) is 0 Å². The van der Waals surface area contributed by atoms with E-state index >= 15 is 0 Å². The van der Waals surface area contributed by atoms with Crippen LogP contribution in [0.25, 0.3) is 0 Å². The fourth-order valence-corrected chi connectivity index (χ4v) is 3.43. The fraction of sp³-hybridized carbons (Fsp3) is 0.273. The Balaban J connectivity index is 1.41. The Bertz CT molecular complexity index is 999. The SMILES string of the molecule is Cc1ccc(C)c(C(=O)N2CCN(c3cc(Nc4ccccn4)ncn3)CC2)c1. The quantitative estimate of drug-likeness (QED) is 0.740. The van der Waals surface area contributed by atoms with Crippen LogP contribution in [0.1, 0.15) is 21.5 Å². The lowest BCUT2D eigenvalue weighted by molar-refractivity contribution is 0.0745. The van der Waals surface area contributed by atoms with Gasteiger partial charge in [-0.25, -0.2) is 15.0 Å². The molecule has 3 heterocycles. The standard InChI is InChI=1S/C22H24N6O/c1-16-6-7-17(2)18(13-16)22(29)28-11-9-27(10-12-28)21-14-20(24-15-25-21)26-19-5-3-4-8-23-19/h3-8,13-15H,9-12H2,1-2H3,(H,23,24,25,26). The molecule has 0 spiro atoms. The van der Waals surface area contributed by atoms with Crippen molar-refractivity contribution in [1.29, 1.82) is 0 Å². The van der Waals surface area contributed by atoms with Gasteiger partial charge in [-0.15, -0.1) is 0 Å². The Kier molecular flexibility index (Phi) is 5.37. The van der Waals surface area contributed by atoms with Crippen molar-refractivity contribution in [3.05, 3.63) is 71.7 Å². The maximum Gasteiger partial charge on any atom is 0.254 e. The van der Waals surface area contributed by atoms with Crippen LogP contribution < -0.4 is 10.2 Å². The number of nitrogens with zero attached hydrogens (tertiary/aromatic N) is 5. The summed E-state index contributed by atoms with van der Waals surface area (Å²) >= 11 is 0. The molecule has 0 radical (unpaired) electrons. The molecule has 1 aromatic carbocycles. The average molecular weight is 388 g/mol. The summed E-state index contributed by atoms with van der Waals surface area (Å²) in [5.41, 5.74) is 2.91. The molecule has 29 heavy (non-hydrogen) atoms. The van der Waals surface area contributed by atoms with Gasteiger partial charge >= 0.3 is 0 Å². The zero-order valence-corrected chi connectivity index (χ0v) is 16.7. The Morgan fingerprint density at radius 3 is 2.52 bits per heavy atom. The highest BCUT2D eigenvalue weighted by molar-refractivity contribution is 5.96. The zero-order valence-electron chi connectivity index (χ0n) is 16.7. The van der Waals surface area contributed by atoms with Gasteiger partial charge in [0.25, 0.3) is 5.91 Å². The molecule has 0 saturated carbocycles. The van der Waals surface area contributed by atoms with E-state index in [0.29, 0.717) is 18.9 Å². The monoisotopic (exact) mass is 388 g/mol. The number of amides is 1. The molecule has 1 amide bonds. The van der Waals surface area contributed by atoms with Gasteiger partial charge in [-0.05, 0) is 37.6 Å². The van der Waals surface area contributed by atoms with Crippen molar-refractivity contribution in [1.82, 2.24) is 19.9 Å². The summed E-state index contributed by atoms with van der Waals surface area (Å²) in [6.07, 6.45) is 3.28. The summed E-state index contributed by atoms with van der Waals surface area (Å²) in [6.45, 7) is 6.80. The Morgan fingerprint density at radius 1 is 0.931 bits per heavy atom.